The Morgan fingerprint density at radius 3 is 1.86 bits per heavy atom. The summed E-state index contributed by atoms with van der Waals surface area (Å²) in [6.45, 7) is 1.35. The number of nitrogens with one attached hydrogen (secondary N) is 1. The molecule has 0 aliphatic carbocycles. The standard InChI is InChI=1S/C2H6N2O.Ni.H2O/c1-2(5)4-3;;/h3H2,1H3,(H,4,5);;1H2. The third-order valence-electron chi connectivity index (χ3n) is 0.203. The zero-order chi connectivity index (χ0) is 4.28. The van der Waals surface area contributed by atoms with Crippen LogP contribution in [0.4, 0.5) is 0 Å². The van der Waals surface area contributed by atoms with Gasteiger partial charge in [-0.2, -0.15) is 0 Å². The van der Waals surface area contributed by atoms with Gasteiger partial charge in [0.1, 0.15) is 0 Å². The summed E-state index contributed by atoms with van der Waals surface area (Å²) in [6, 6.07) is 0. The van der Waals surface area contributed by atoms with Crippen molar-refractivity contribution < 1.29 is 26.8 Å². The van der Waals surface area contributed by atoms with E-state index in [0.29, 0.717) is 0 Å². The van der Waals surface area contributed by atoms with Crippen molar-refractivity contribution in [1.29, 1.82) is 0 Å². The predicted molar refractivity (Wildman–Crippen MR) is 21.6 cm³/mol. The van der Waals surface area contributed by atoms with Crippen LogP contribution in [0.2, 0.25) is 0 Å². The second-order valence-corrected chi connectivity index (χ2v) is 0.701. The summed E-state index contributed by atoms with van der Waals surface area (Å²) in [5, 5.41) is 0. The molecule has 0 saturated heterocycles. The van der Waals surface area contributed by atoms with E-state index < -0.39 is 0 Å². The Bertz CT molecular complexity index is 49.0. The third-order valence-corrected chi connectivity index (χ3v) is 0.203. The molecule has 5 N–H and O–H groups in total. The summed E-state index contributed by atoms with van der Waals surface area (Å²) in [5.41, 5.74) is 1.89. The molecule has 0 aromatic carbocycles. The van der Waals surface area contributed by atoms with Crippen LogP contribution in [-0.4, -0.2) is 11.4 Å². The molecule has 0 radical (unpaired) electrons. The van der Waals surface area contributed by atoms with Crippen molar-refractivity contribution in [3.63, 3.8) is 0 Å². The van der Waals surface area contributed by atoms with Crippen LogP contribution >= 0.6 is 0 Å². The van der Waals surface area contributed by atoms with E-state index >= 15 is 0 Å². The molecule has 7 heavy (non-hydrogen) atoms. The van der Waals surface area contributed by atoms with Crippen molar-refractivity contribution in [2.45, 2.75) is 6.92 Å². The SMILES string of the molecule is CC(=O)NN.O.[Ni]. The van der Waals surface area contributed by atoms with Crippen molar-refractivity contribution in [3.8, 4) is 0 Å². The molecule has 0 atom stereocenters. The van der Waals surface area contributed by atoms with Gasteiger partial charge in [-0.3, -0.25) is 10.2 Å². The van der Waals surface area contributed by atoms with Gasteiger partial charge in [0.15, 0.2) is 0 Å². The minimum Gasteiger partial charge on any atom is -0.412 e. The molecule has 0 fully saturated rings. The number of hydrazine groups is 1. The van der Waals surface area contributed by atoms with Crippen LogP contribution in [0.3, 0.4) is 0 Å². The number of nitrogens with two attached hydrogens (primary N) is 1. The maximum atomic E-state index is 9.58. The molecular weight excluding hydrogens is 143 g/mol. The van der Waals surface area contributed by atoms with Crippen LogP contribution in [0.5, 0.6) is 0 Å². The van der Waals surface area contributed by atoms with Gasteiger partial charge in [0.2, 0.25) is 5.91 Å². The summed E-state index contributed by atoms with van der Waals surface area (Å²) in [7, 11) is 0. The number of carbonyl (C=O) groups is 1. The van der Waals surface area contributed by atoms with E-state index in [-0.39, 0.29) is 27.9 Å². The van der Waals surface area contributed by atoms with Gasteiger partial charge in [0.25, 0.3) is 0 Å². The van der Waals surface area contributed by atoms with E-state index in [4.69, 9.17) is 0 Å². The maximum Gasteiger partial charge on any atom is 0.230 e. The second-order valence-electron chi connectivity index (χ2n) is 0.701. The summed E-state index contributed by atoms with van der Waals surface area (Å²) in [4.78, 5) is 9.58. The third kappa shape index (κ3) is 25.0. The average Bonchev–Trinajstić information content (AvgIpc) is 1.38. The Labute approximate surface area is 51.7 Å². The van der Waals surface area contributed by atoms with Crippen LogP contribution < -0.4 is 11.3 Å². The average molecular weight is 151 g/mol. The zero-order valence-corrected chi connectivity index (χ0v) is 4.79. The largest absolute Gasteiger partial charge is 0.412 e. The molecule has 0 aromatic heterocycles. The topological polar surface area (TPSA) is 86.6 Å². The molecule has 0 heterocycles. The van der Waals surface area contributed by atoms with Crippen molar-refractivity contribution in [3.05, 3.63) is 0 Å². The zero-order valence-electron chi connectivity index (χ0n) is 3.80. The van der Waals surface area contributed by atoms with Crippen LogP contribution in [0.1, 0.15) is 6.92 Å². The molecule has 0 rings (SSSR count). The molecule has 0 spiro atoms. The van der Waals surface area contributed by atoms with Crippen molar-refractivity contribution in [1.82, 2.24) is 5.43 Å². The molecule has 1 amide bonds. The summed E-state index contributed by atoms with van der Waals surface area (Å²) >= 11 is 0. The predicted octanol–water partition coefficient (Wildman–Crippen LogP) is -1.83. The van der Waals surface area contributed by atoms with Gasteiger partial charge in [-0.1, -0.05) is 0 Å². The van der Waals surface area contributed by atoms with Crippen molar-refractivity contribution in [2.24, 2.45) is 5.84 Å². The second kappa shape index (κ2) is 9.30. The maximum absolute atomic E-state index is 9.58. The fraction of sp³-hybridized carbons (Fsp3) is 0.500. The fourth-order valence-corrected chi connectivity index (χ4v) is 0. The van der Waals surface area contributed by atoms with E-state index in [1.54, 1.807) is 0 Å². The van der Waals surface area contributed by atoms with Crippen LogP contribution in [0.15, 0.2) is 0 Å². The number of amides is 1. The van der Waals surface area contributed by atoms with Gasteiger partial charge in [0.05, 0.1) is 0 Å². The number of hydrogen-bond acceptors (Lipinski definition) is 2. The molecule has 0 unspecified atom stereocenters. The number of hydrogen-bond donors (Lipinski definition) is 2. The van der Waals surface area contributed by atoms with Crippen molar-refractivity contribution in [2.75, 3.05) is 0 Å². The molecule has 0 aliphatic heterocycles. The van der Waals surface area contributed by atoms with Gasteiger partial charge in [-0.25, -0.2) is 5.84 Å². The quantitative estimate of drug-likeness (QED) is 0.184. The fourth-order valence-electron chi connectivity index (χ4n) is 0. The van der Waals surface area contributed by atoms with E-state index in [2.05, 4.69) is 5.84 Å². The van der Waals surface area contributed by atoms with Gasteiger partial charge in [-0.15, -0.1) is 0 Å². The van der Waals surface area contributed by atoms with Gasteiger partial charge < -0.3 is 5.48 Å². The first-order chi connectivity index (χ1) is 2.27. The Morgan fingerprint density at radius 2 is 1.86 bits per heavy atom. The monoisotopic (exact) mass is 150 g/mol. The first kappa shape index (κ1) is 15.8. The van der Waals surface area contributed by atoms with E-state index in [0.717, 1.165) is 0 Å². The summed E-state index contributed by atoms with van der Waals surface area (Å²) in [5.74, 6) is 4.35. The first-order valence-electron chi connectivity index (χ1n) is 1.24. The molecule has 0 aliphatic rings. The van der Waals surface area contributed by atoms with Gasteiger partial charge >= 0.3 is 0 Å². The molecule has 4 nitrogen and oxygen atoms in total. The van der Waals surface area contributed by atoms with Gasteiger partial charge in [-0.05, 0) is 0 Å². The molecule has 0 aromatic rings. The van der Waals surface area contributed by atoms with E-state index in [1.807, 2.05) is 5.43 Å². The summed E-state index contributed by atoms with van der Waals surface area (Å²) in [6.07, 6.45) is 0. The molecule has 48 valence electrons. The first-order valence-corrected chi connectivity index (χ1v) is 1.24. The molecular formula is C2H8N2NiO2. The number of carbonyl (C=O) groups excluding carboxylic acids is 1. The van der Waals surface area contributed by atoms with Crippen molar-refractivity contribution >= 4 is 5.91 Å². The van der Waals surface area contributed by atoms with Crippen LogP contribution in [-0.2, 0) is 21.3 Å². The van der Waals surface area contributed by atoms with Gasteiger partial charge in [0, 0.05) is 23.4 Å². The Hall–Kier alpha value is -0.116. The Morgan fingerprint density at radius 1 is 1.71 bits per heavy atom. The molecule has 0 saturated carbocycles. The minimum absolute atomic E-state index is 0. The normalized spacial score (nSPS) is 4.86. The smallest absolute Gasteiger partial charge is 0.230 e. The van der Waals surface area contributed by atoms with E-state index in [9.17, 15) is 4.79 Å². The summed E-state index contributed by atoms with van der Waals surface area (Å²) < 4.78 is 0. The van der Waals surface area contributed by atoms with Crippen LogP contribution in [0.25, 0.3) is 0 Å². The Kier molecular flexibility index (Phi) is 21.0. The molecule has 5 heteroatoms. The Balaban J connectivity index is -0.0000000800. The van der Waals surface area contributed by atoms with Crippen LogP contribution in [0, 0.1) is 0 Å². The molecule has 0 bridgehead atoms. The van der Waals surface area contributed by atoms with E-state index in [1.165, 1.54) is 6.92 Å². The minimum atomic E-state index is -0.218. The number of rotatable bonds is 0.